The van der Waals surface area contributed by atoms with Crippen LogP contribution < -0.4 is 15.9 Å². The van der Waals surface area contributed by atoms with Crippen molar-refractivity contribution in [2.75, 3.05) is 0 Å². The number of phenolic OH excluding ortho intramolecular Hbond substituents is 1. The number of rotatable bonds is 8. The molecule has 0 fully saturated rings. The summed E-state index contributed by atoms with van der Waals surface area (Å²) in [5.74, 6) is 0.329. The Bertz CT molecular complexity index is 1140. The normalized spacial score (nSPS) is 11.0. The van der Waals surface area contributed by atoms with E-state index in [1.807, 2.05) is 36.4 Å². The summed E-state index contributed by atoms with van der Waals surface area (Å²) in [6.07, 6.45) is 6.31. The molecule has 0 saturated heterocycles. The van der Waals surface area contributed by atoms with E-state index in [2.05, 4.69) is 92.5 Å². The van der Waals surface area contributed by atoms with Crippen LogP contribution in [0.5, 0.6) is 5.75 Å². The molecule has 33 heavy (non-hydrogen) atoms. The Kier molecular flexibility index (Phi) is 6.73. The summed E-state index contributed by atoms with van der Waals surface area (Å²) in [4.78, 5) is 0. The molecule has 162 valence electrons. The highest BCUT2D eigenvalue weighted by Crippen LogP contribution is 2.59. The maximum Gasteiger partial charge on any atom is 0.122 e. The third-order valence-electron chi connectivity index (χ3n) is 6.11. The zero-order valence-corrected chi connectivity index (χ0v) is 19.6. The lowest BCUT2D eigenvalue weighted by Crippen LogP contribution is -2.32. The van der Waals surface area contributed by atoms with Gasteiger partial charge in [-0.25, -0.2) is 0 Å². The van der Waals surface area contributed by atoms with Crippen LogP contribution in [0.4, 0.5) is 0 Å². The Labute approximate surface area is 197 Å². The lowest BCUT2D eigenvalue weighted by atomic mass is 10.2. The van der Waals surface area contributed by atoms with E-state index in [9.17, 15) is 5.11 Å². The summed E-state index contributed by atoms with van der Waals surface area (Å²) >= 11 is 0. The summed E-state index contributed by atoms with van der Waals surface area (Å²) < 4.78 is 0. The molecule has 4 rings (SSSR count). The van der Waals surface area contributed by atoms with Crippen molar-refractivity contribution in [3.8, 4) is 5.75 Å². The second kappa shape index (κ2) is 9.86. The Morgan fingerprint density at radius 2 is 0.909 bits per heavy atom. The smallest absolute Gasteiger partial charge is 0.122 e. The molecule has 4 aromatic rings. The highest BCUT2D eigenvalue weighted by Gasteiger charge is 2.46. The predicted octanol–water partition coefficient (Wildman–Crippen LogP) is 6.82. The van der Waals surface area contributed by atoms with Crippen molar-refractivity contribution in [3.63, 3.8) is 0 Å². The summed E-state index contributed by atoms with van der Waals surface area (Å²) in [6.45, 7) is 11.7. The first-order chi connectivity index (χ1) is 16.1. The third kappa shape index (κ3) is 4.46. The van der Waals surface area contributed by atoms with Crippen LogP contribution in [-0.4, -0.2) is 5.11 Å². The average molecular weight is 448 g/mol. The molecule has 0 atom stereocenters. The lowest BCUT2D eigenvalue weighted by Gasteiger charge is -2.28. The van der Waals surface area contributed by atoms with Crippen molar-refractivity contribution in [3.05, 3.63) is 139 Å². The Morgan fingerprint density at radius 3 is 1.24 bits per heavy atom. The second-order valence-electron chi connectivity index (χ2n) is 7.98. The summed E-state index contributed by atoms with van der Waals surface area (Å²) in [6, 6.07) is 33.7. The van der Waals surface area contributed by atoms with Gasteiger partial charge >= 0.3 is 0 Å². The zero-order valence-electron chi connectivity index (χ0n) is 18.7. The molecule has 0 saturated carbocycles. The zero-order chi connectivity index (χ0) is 23.3. The number of aromatic hydroxyl groups is 1. The second-order valence-corrected chi connectivity index (χ2v) is 11.5. The van der Waals surface area contributed by atoms with Gasteiger partial charge in [-0.15, -0.1) is 0 Å². The van der Waals surface area contributed by atoms with Crippen molar-refractivity contribution >= 4 is 41.4 Å². The summed E-state index contributed by atoms with van der Waals surface area (Å²) in [5, 5.41) is 14.5. The van der Waals surface area contributed by atoms with Gasteiger partial charge in [-0.05, 0) is 59.2 Å². The SMILES string of the molecule is C=Cc1ccc([P+](Cc2ccccc2O)(c2ccc(C=C)cc2)c2ccc(C=C)cc2)cc1. The fourth-order valence-electron chi connectivity index (χ4n) is 4.22. The highest BCUT2D eigenvalue weighted by molar-refractivity contribution is 7.95. The van der Waals surface area contributed by atoms with Gasteiger partial charge in [0.25, 0.3) is 0 Å². The minimum Gasteiger partial charge on any atom is -0.508 e. The molecular formula is C31H28OP+. The van der Waals surface area contributed by atoms with Crippen LogP contribution in [0.1, 0.15) is 22.3 Å². The molecule has 0 heterocycles. The van der Waals surface area contributed by atoms with Crippen molar-refractivity contribution in [2.45, 2.75) is 6.16 Å². The molecule has 0 spiro atoms. The van der Waals surface area contributed by atoms with Crippen LogP contribution in [0.3, 0.4) is 0 Å². The van der Waals surface area contributed by atoms with Crippen LogP contribution >= 0.6 is 7.26 Å². The summed E-state index contributed by atoms with van der Waals surface area (Å²) in [7, 11) is -2.16. The van der Waals surface area contributed by atoms with Gasteiger partial charge in [0.1, 0.15) is 35.1 Å². The van der Waals surface area contributed by atoms with Gasteiger partial charge in [0, 0.05) is 5.56 Å². The van der Waals surface area contributed by atoms with Crippen molar-refractivity contribution < 1.29 is 5.11 Å². The van der Waals surface area contributed by atoms with Crippen LogP contribution in [-0.2, 0) is 6.16 Å². The fourth-order valence-corrected chi connectivity index (χ4v) is 8.41. The highest BCUT2D eigenvalue weighted by atomic mass is 31.2. The number of phenols is 1. The molecular weight excluding hydrogens is 419 g/mol. The van der Waals surface area contributed by atoms with Gasteiger partial charge in [-0.3, -0.25) is 0 Å². The van der Waals surface area contributed by atoms with Gasteiger partial charge in [0.05, 0.1) is 0 Å². The van der Waals surface area contributed by atoms with E-state index >= 15 is 0 Å². The maximum absolute atomic E-state index is 10.7. The minimum atomic E-state index is -2.16. The van der Waals surface area contributed by atoms with Crippen LogP contribution in [0, 0.1) is 0 Å². The monoisotopic (exact) mass is 447 g/mol. The van der Waals surface area contributed by atoms with Gasteiger partial charge in [0.2, 0.25) is 0 Å². The molecule has 0 radical (unpaired) electrons. The van der Waals surface area contributed by atoms with Gasteiger partial charge in [0.15, 0.2) is 0 Å². The van der Waals surface area contributed by atoms with Crippen LogP contribution in [0.25, 0.3) is 18.2 Å². The average Bonchev–Trinajstić information content (AvgIpc) is 2.88. The van der Waals surface area contributed by atoms with E-state index in [1.54, 1.807) is 6.07 Å². The molecule has 0 amide bonds. The molecule has 0 aliphatic carbocycles. The summed E-state index contributed by atoms with van der Waals surface area (Å²) in [5.41, 5.74) is 4.20. The molecule has 1 nitrogen and oxygen atoms in total. The minimum absolute atomic E-state index is 0.329. The first-order valence-corrected chi connectivity index (χ1v) is 12.9. The fraction of sp³-hybridized carbons (Fsp3) is 0.0323. The van der Waals surface area contributed by atoms with Crippen LogP contribution in [0.15, 0.2) is 117 Å². The first-order valence-electron chi connectivity index (χ1n) is 10.9. The van der Waals surface area contributed by atoms with E-state index in [4.69, 9.17) is 0 Å². The standard InChI is InChI=1S/C31H27OP/c1-4-24-11-17-28(18-12-24)33(23-27-9-7-8-10-31(27)32,29-19-13-25(5-2)14-20-29)30-21-15-26(6-3)16-22-30/h4-22H,1-3,23H2/p+1. The van der Waals surface area contributed by atoms with Crippen molar-refractivity contribution in [2.24, 2.45) is 0 Å². The number of hydrogen-bond donors (Lipinski definition) is 1. The van der Waals surface area contributed by atoms with Crippen LogP contribution in [0.2, 0.25) is 0 Å². The van der Waals surface area contributed by atoms with Crippen molar-refractivity contribution in [1.82, 2.24) is 0 Å². The van der Waals surface area contributed by atoms with E-state index in [0.717, 1.165) is 22.3 Å². The number of para-hydroxylation sites is 1. The molecule has 4 aromatic carbocycles. The first kappa shape index (κ1) is 22.5. The molecule has 0 bridgehead atoms. The Morgan fingerprint density at radius 1 is 0.545 bits per heavy atom. The molecule has 2 heteroatoms. The Hall–Kier alpha value is -3.67. The molecule has 0 aromatic heterocycles. The van der Waals surface area contributed by atoms with E-state index in [0.29, 0.717) is 11.9 Å². The Balaban J connectivity index is 2.03. The molecule has 1 N–H and O–H groups in total. The topological polar surface area (TPSA) is 20.2 Å². The molecule has 0 unspecified atom stereocenters. The van der Waals surface area contributed by atoms with E-state index in [-0.39, 0.29) is 0 Å². The molecule has 0 aliphatic heterocycles. The largest absolute Gasteiger partial charge is 0.508 e. The quantitative estimate of drug-likeness (QED) is 0.294. The predicted molar refractivity (Wildman–Crippen MR) is 147 cm³/mol. The third-order valence-corrected chi connectivity index (χ3v) is 10.5. The number of hydrogen-bond acceptors (Lipinski definition) is 1. The van der Waals surface area contributed by atoms with Gasteiger partial charge < -0.3 is 5.11 Å². The number of benzene rings is 4. The lowest BCUT2D eigenvalue weighted by molar-refractivity contribution is 0.470. The van der Waals surface area contributed by atoms with Gasteiger partial charge in [-0.2, -0.15) is 0 Å². The van der Waals surface area contributed by atoms with E-state index in [1.165, 1.54) is 15.9 Å². The van der Waals surface area contributed by atoms with E-state index < -0.39 is 7.26 Å². The molecule has 0 aliphatic rings. The van der Waals surface area contributed by atoms with Gasteiger partial charge in [-0.1, -0.05) is 92.6 Å². The van der Waals surface area contributed by atoms with Crippen molar-refractivity contribution in [1.29, 1.82) is 0 Å². The maximum atomic E-state index is 10.7.